The molecule has 2 aliphatic heterocycles. The van der Waals surface area contributed by atoms with E-state index in [1.54, 1.807) is 0 Å². The first kappa shape index (κ1) is 24.4. The van der Waals surface area contributed by atoms with Crippen molar-refractivity contribution in [2.75, 3.05) is 52.4 Å². The quantitative estimate of drug-likeness (QED) is 0.216. The fraction of sp³-hybridized carbons (Fsp3) is 0.696. The molecule has 1 aromatic rings. The third kappa shape index (κ3) is 8.42. The molecule has 0 aromatic heterocycles. The van der Waals surface area contributed by atoms with E-state index in [4.69, 9.17) is 4.99 Å². The lowest BCUT2D eigenvalue weighted by molar-refractivity contribution is 0.251. The van der Waals surface area contributed by atoms with E-state index in [1.807, 2.05) is 0 Å². The molecule has 1 aromatic carbocycles. The van der Waals surface area contributed by atoms with Crippen molar-refractivity contribution in [2.24, 2.45) is 4.99 Å². The van der Waals surface area contributed by atoms with Gasteiger partial charge in [-0.05, 0) is 83.7 Å². The van der Waals surface area contributed by atoms with Gasteiger partial charge in [0, 0.05) is 13.1 Å². The van der Waals surface area contributed by atoms with E-state index in [2.05, 4.69) is 57.7 Å². The highest BCUT2D eigenvalue weighted by Crippen LogP contribution is 2.25. The summed E-state index contributed by atoms with van der Waals surface area (Å²) in [5.41, 5.74) is 1.38. The van der Waals surface area contributed by atoms with Crippen molar-refractivity contribution in [3.8, 4) is 0 Å². The van der Waals surface area contributed by atoms with Gasteiger partial charge in [-0.25, -0.2) is 0 Å². The Morgan fingerprint density at radius 3 is 2.34 bits per heavy atom. The highest BCUT2D eigenvalue weighted by Gasteiger charge is 2.23. The van der Waals surface area contributed by atoms with Gasteiger partial charge >= 0.3 is 0 Å². The van der Waals surface area contributed by atoms with Crippen molar-refractivity contribution < 1.29 is 0 Å². The normalized spacial score (nSPS) is 19.1. The number of nitrogens with one attached hydrogen (secondary N) is 2. The van der Waals surface area contributed by atoms with Gasteiger partial charge in [-0.3, -0.25) is 9.89 Å². The standard InChI is InChI=1S/C23H39N5.HI/c1-2-24-23(25-14-6-7-15-27-16-8-9-17-27)26-20-22(28-18-10-11-19-28)21-12-4-3-5-13-21;/h3-5,12-13,22H,2,6-11,14-20H2,1H3,(H2,24,25,26);1H. The van der Waals surface area contributed by atoms with Gasteiger partial charge in [-0.2, -0.15) is 0 Å². The lowest BCUT2D eigenvalue weighted by Crippen LogP contribution is -2.39. The number of rotatable bonds is 10. The Morgan fingerprint density at radius 1 is 0.966 bits per heavy atom. The maximum atomic E-state index is 4.95. The van der Waals surface area contributed by atoms with Crippen molar-refractivity contribution in [1.82, 2.24) is 20.4 Å². The Balaban J connectivity index is 0.00000300. The van der Waals surface area contributed by atoms with Gasteiger partial charge in [0.15, 0.2) is 5.96 Å². The molecule has 1 unspecified atom stereocenters. The van der Waals surface area contributed by atoms with E-state index in [0.29, 0.717) is 6.04 Å². The minimum atomic E-state index is 0. The number of hydrogen-bond acceptors (Lipinski definition) is 3. The van der Waals surface area contributed by atoms with Gasteiger partial charge in [0.2, 0.25) is 0 Å². The Morgan fingerprint density at radius 2 is 1.66 bits per heavy atom. The number of hydrogen-bond donors (Lipinski definition) is 2. The van der Waals surface area contributed by atoms with Crippen molar-refractivity contribution in [2.45, 2.75) is 51.5 Å². The summed E-state index contributed by atoms with van der Waals surface area (Å²) in [6.07, 6.45) is 7.86. The van der Waals surface area contributed by atoms with Crippen molar-refractivity contribution in [3.63, 3.8) is 0 Å². The minimum Gasteiger partial charge on any atom is -0.357 e. The first-order valence-electron chi connectivity index (χ1n) is 11.4. The number of unbranched alkanes of at least 4 members (excludes halogenated alkanes) is 1. The van der Waals surface area contributed by atoms with Crippen molar-refractivity contribution in [1.29, 1.82) is 0 Å². The SMILES string of the molecule is CCNC(=NCC(c1ccccc1)N1CCCC1)NCCCCN1CCCC1.I. The molecule has 0 radical (unpaired) electrons. The molecule has 0 amide bonds. The third-order valence-electron chi connectivity index (χ3n) is 5.92. The van der Waals surface area contributed by atoms with Crippen LogP contribution in [-0.2, 0) is 0 Å². The molecule has 0 aliphatic carbocycles. The van der Waals surface area contributed by atoms with Crippen molar-refractivity contribution >= 4 is 29.9 Å². The van der Waals surface area contributed by atoms with Crippen LogP contribution in [0.15, 0.2) is 35.3 Å². The molecule has 164 valence electrons. The van der Waals surface area contributed by atoms with Crippen LogP contribution in [0.4, 0.5) is 0 Å². The second-order valence-corrected chi connectivity index (χ2v) is 8.07. The van der Waals surface area contributed by atoms with E-state index in [0.717, 1.165) is 25.6 Å². The van der Waals surface area contributed by atoms with Crippen LogP contribution in [0.2, 0.25) is 0 Å². The molecule has 2 heterocycles. The Labute approximate surface area is 194 Å². The van der Waals surface area contributed by atoms with Gasteiger partial charge < -0.3 is 15.5 Å². The van der Waals surface area contributed by atoms with Gasteiger partial charge in [0.25, 0.3) is 0 Å². The summed E-state index contributed by atoms with van der Waals surface area (Å²) in [5.74, 6) is 0.962. The van der Waals surface area contributed by atoms with Gasteiger partial charge in [0.1, 0.15) is 0 Å². The topological polar surface area (TPSA) is 42.9 Å². The maximum absolute atomic E-state index is 4.95. The van der Waals surface area contributed by atoms with Crippen LogP contribution in [-0.4, -0.2) is 68.1 Å². The molecule has 5 nitrogen and oxygen atoms in total. The number of nitrogens with zero attached hydrogens (tertiary/aromatic N) is 3. The average Bonchev–Trinajstić information content (AvgIpc) is 3.43. The van der Waals surface area contributed by atoms with Crippen LogP contribution in [0.1, 0.15) is 57.1 Å². The summed E-state index contributed by atoms with van der Waals surface area (Å²) < 4.78 is 0. The predicted octanol–water partition coefficient (Wildman–Crippen LogP) is 3.87. The summed E-state index contributed by atoms with van der Waals surface area (Å²) in [7, 11) is 0. The molecule has 1 atom stereocenters. The Bertz CT molecular complexity index is 568. The highest BCUT2D eigenvalue weighted by atomic mass is 127. The van der Waals surface area contributed by atoms with Crippen LogP contribution in [0, 0.1) is 0 Å². The van der Waals surface area contributed by atoms with Crippen LogP contribution in [0.5, 0.6) is 0 Å². The molecule has 0 saturated carbocycles. The largest absolute Gasteiger partial charge is 0.357 e. The molecule has 6 heteroatoms. The summed E-state index contributed by atoms with van der Waals surface area (Å²) in [6, 6.07) is 11.3. The van der Waals surface area contributed by atoms with Crippen LogP contribution < -0.4 is 10.6 Å². The first-order chi connectivity index (χ1) is 13.9. The molecule has 2 fully saturated rings. The molecule has 2 aliphatic rings. The van der Waals surface area contributed by atoms with E-state index < -0.39 is 0 Å². The molecular formula is C23H40IN5. The zero-order chi connectivity index (χ0) is 19.4. The third-order valence-corrected chi connectivity index (χ3v) is 5.92. The minimum absolute atomic E-state index is 0. The zero-order valence-electron chi connectivity index (χ0n) is 18.1. The first-order valence-corrected chi connectivity index (χ1v) is 11.4. The molecule has 2 saturated heterocycles. The molecule has 0 spiro atoms. The number of aliphatic imine (C=N–C) groups is 1. The highest BCUT2D eigenvalue weighted by molar-refractivity contribution is 14.0. The van der Waals surface area contributed by atoms with Crippen molar-refractivity contribution in [3.05, 3.63) is 35.9 Å². The van der Waals surface area contributed by atoms with Crippen LogP contribution in [0.25, 0.3) is 0 Å². The number of halogens is 1. The van der Waals surface area contributed by atoms with Gasteiger partial charge in [0.05, 0.1) is 12.6 Å². The average molecular weight is 514 g/mol. The molecular weight excluding hydrogens is 473 g/mol. The van der Waals surface area contributed by atoms with E-state index in [-0.39, 0.29) is 24.0 Å². The van der Waals surface area contributed by atoms with E-state index in [9.17, 15) is 0 Å². The molecule has 3 rings (SSSR count). The Hall–Kier alpha value is -0.860. The fourth-order valence-electron chi connectivity index (χ4n) is 4.35. The second kappa shape index (κ2) is 14.2. The monoisotopic (exact) mass is 513 g/mol. The fourth-order valence-corrected chi connectivity index (χ4v) is 4.35. The smallest absolute Gasteiger partial charge is 0.191 e. The zero-order valence-corrected chi connectivity index (χ0v) is 20.4. The summed E-state index contributed by atoms with van der Waals surface area (Å²) in [4.78, 5) is 10.1. The summed E-state index contributed by atoms with van der Waals surface area (Å²) >= 11 is 0. The number of likely N-dealkylation sites (tertiary alicyclic amines) is 2. The van der Waals surface area contributed by atoms with Gasteiger partial charge in [-0.15, -0.1) is 24.0 Å². The predicted molar refractivity (Wildman–Crippen MR) is 134 cm³/mol. The van der Waals surface area contributed by atoms with Crippen LogP contribution >= 0.6 is 24.0 Å². The molecule has 2 N–H and O–H groups in total. The second-order valence-electron chi connectivity index (χ2n) is 8.07. The maximum Gasteiger partial charge on any atom is 0.191 e. The van der Waals surface area contributed by atoms with E-state index >= 15 is 0 Å². The lowest BCUT2D eigenvalue weighted by atomic mass is 10.1. The van der Waals surface area contributed by atoms with E-state index in [1.165, 1.54) is 76.8 Å². The van der Waals surface area contributed by atoms with Gasteiger partial charge in [-0.1, -0.05) is 30.3 Å². The summed E-state index contributed by atoms with van der Waals surface area (Å²) in [5, 5.41) is 6.97. The summed E-state index contributed by atoms with van der Waals surface area (Å²) in [6.45, 7) is 11.1. The lowest BCUT2D eigenvalue weighted by Gasteiger charge is -2.27. The number of guanidine groups is 1. The Kier molecular flexibility index (Phi) is 12.0. The number of benzene rings is 1. The molecule has 29 heavy (non-hydrogen) atoms. The molecule has 0 bridgehead atoms. The van der Waals surface area contributed by atoms with Crippen LogP contribution in [0.3, 0.4) is 0 Å².